The summed E-state index contributed by atoms with van der Waals surface area (Å²) in [5.41, 5.74) is 0.716. The van der Waals surface area contributed by atoms with Crippen LogP contribution in [0.1, 0.15) is 20.3 Å². The highest BCUT2D eigenvalue weighted by Gasteiger charge is 2.05. The van der Waals surface area contributed by atoms with Gasteiger partial charge in [-0.15, -0.1) is 0 Å². The van der Waals surface area contributed by atoms with E-state index in [0.717, 1.165) is 6.54 Å². The molecule has 0 saturated heterocycles. The predicted octanol–water partition coefficient (Wildman–Crippen LogP) is -0.708. The zero-order valence-corrected chi connectivity index (χ0v) is 15.7. The molecule has 0 aliphatic heterocycles. The lowest BCUT2D eigenvalue weighted by Gasteiger charge is -2.14. The summed E-state index contributed by atoms with van der Waals surface area (Å²) in [5, 5.41) is 0. The molecule has 1 unspecified atom stereocenters. The van der Waals surface area contributed by atoms with Gasteiger partial charge in [-0.05, 0) is 20.3 Å². The monoisotopic (exact) mass is 365 g/mol. The summed E-state index contributed by atoms with van der Waals surface area (Å²) in [6, 6.07) is 0. The molecule has 2 N–H and O–H groups in total. The van der Waals surface area contributed by atoms with Crippen molar-refractivity contribution in [1.29, 1.82) is 0 Å². The fraction of sp³-hybridized carbons (Fsp3) is 0.600. The van der Waals surface area contributed by atoms with Crippen LogP contribution in [0, 0.1) is 0 Å². The van der Waals surface area contributed by atoms with Gasteiger partial charge in [0.1, 0.15) is 20.7 Å². The molecule has 0 amide bonds. The summed E-state index contributed by atoms with van der Waals surface area (Å²) < 4.78 is 19.7. The topological polar surface area (TPSA) is 117 Å². The van der Waals surface area contributed by atoms with Crippen molar-refractivity contribution in [2.24, 2.45) is 0 Å². The summed E-state index contributed by atoms with van der Waals surface area (Å²) in [6.07, 6.45) is -0.285. The molecule has 0 heterocycles. The van der Waals surface area contributed by atoms with Crippen molar-refractivity contribution in [1.82, 2.24) is 0 Å². The minimum Gasteiger partial charge on any atom is -0.779 e. The molecule has 0 aromatic rings. The van der Waals surface area contributed by atoms with Crippen molar-refractivity contribution in [2.45, 2.75) is 20.3 Å². The van der Waals surface area contributed by atoms with E-state index < -0.39 is 13.6 Å². The zero-order chi connectivity index (χ0) is 19.3. The Bertz CT molecular complexity index is 482. The predicted molar refractivity (Wildman–Crippen MR) is 88.5 cm³/mol. The highest BCUT2D eigenvalue weighted by atomic mass is 31.2. The SMILES string of the molecule is C=C(C)C(=O)OCCCP(=O)([O-])O.C=C(C)C(=O)OCC[NH+](C)C. The van der Waals surface area contributed by atoms with Gasteiger partial charge < -0.3 is 28.7 Å². The smallest absolute Gasteiger partial charge is 0.333 e. The van der Waals surface area contributed by atoms with Gasteiger partial charge in [0, 0.05) is 17.3 Å². The van der Waals surface area contributed by atoms with Crippen LogP contribution < -0.4 is 9.79 Å². The van der Waals surface area contributed by atoms with Crippen molar-refractivity contribution in [3.8, 4) is 0 Å². The van der Waals surface area contributed by atoms with Gasteiger partial charge in [0.25, 0.3) is 0 Å². The van der Waals surface area contributed by atoms with E-state index in [9.17, 15) is 19.0 Å². The number of hydrogen-bond donors (Lipinski definition) is 2. The first-order chi connectivity index (χ1) is 10.9. The van der Waals surface area contributed by atoms with Crippen LogP contribution in [0.2, 0.25) is 0 Å². The molecule has 0 aliphatic carbocycles. The van der Waals surface area contributed by atoms with E-state index >= 15 is 0 Å². The number of nitrogens with one attached hydrogen (secondary N) is 1. The van der Waals surface area contributed by atoms with E-state index in [2.05, 4.69) is 17.9 Å². The van der Waals surface area contributed by atoms with Crippen LogP contribution in [0.5, 0.6) is 0 Å². The summed E-state index contributed by atoms with van der Waals surface area (Å²) in [5.74, 6) is -0.857. The number of hydrogen-bond acceptors (Lipinski definition) is 6. The largest absolute Gasteiger partial charge is 0.779 e. The third-order valence-electron chi connectivity index (χ3n) is 2.35. The zero-order valence-electron chi connectivity index (χ0n) is 14.8. The second-order valence-corrected chi connectivity index (χ2v) is 7.23. The normalized spacial score (nSPS) is 12.5. The molecular weight excluding hydrogens is 337 g/mol. The Morgan fingerprint density at radius 3 is 1.83 bits per heavy atom. The van der Waals surface area contributed by atoms with Gasteiger partial charge in [0.15, 0.2) is 0 Å². The average Bonchev–Trinajstić information content (AvgIpc) is 2.42. The highest BCUT2D eigenvalue weighted by molar-refractivity contribution is 7.50. The lowest BCUT2D eigenvalue weighted by Crippen LogP contribution is -3.06. The summed E-state index contributed by atoms with van der Waals surface area (Å²) in [7, 11) is -0.196. The molecule has 8 nitrogen and oxygen atoms in total. The molecule has 0 bridgehead atoms. The van der Waals surface area contributed by atoms with Gasteiger partial charge in [-0.25, -0.2) is 9.59 Å². The molecule has 0 rings (SSSR count). The third-order valence-corrected chi connectivity index (χ3v) is 3.23. The van der Waals surface area contributed by atoms with E-state index in [4.69, 9.17) is 9.63 Å². The van der Waals surface area contributed by atoms with E-state index in [-0.39, 0.29) is 30.7 Å². The van der Waals surface area contributed by atoms with Crippen LogP contribution in [0.25, 0.3) is 0 Å². The van der Waals surface area contributed by atoms with Gasteiger partial charge >= 0.3 is 11.9 Å². The Balaban J connectivity index is 0. The van der Waals surface area contributed by atoms with E-state index in [1.165, 1.54) is 11.8 Å². The summed E-state index contributed by atoms with van der Waals surface area (Å²) >= 11 is 0. The van der Waals surface area contributed by atoms with Gasteiger partial charge in [-0.3, -0.25) is 0 Å². The lowest BCUT2D eigenvalue weighted by molar-refractivity contribution is -0.858. The maximum absolute atomic E-state index is 10.8. The molecule has 140 valence electrons. The third kappa shape index (κ3) is 18.6. The van der Waals surface area contributed by atoms with Gasteiger partial charge in [-0.1, -0.05) is 13.2 Å². The van der Waals surface area contributed by atoms with Crippen molar-refractivity contribution in [2.75, 3.05) is 40.0 Å². The number of carbonyl (C=O) groups is 2. The number of esters is 2. The number of rotatable bonds is 9. The Hall–Kier alpha value is -1.47. The molecule has 0 saturated carbocycles. The molecular formula is C15H28NO7P. The molecule has 24 heavy (non-hydrogen) atoms. The second-order valence-electron chi connectivity index (χ2n) is 5.50. The fourth-order valence-corrected chi connectivity index (χ4v) is 1.55. The fourth-order valence-electron chi connectivity index (χ4n) is 1.02. The molecule has 0 aromatic heterocycles. The van der Waals surface area contributed by atoms with E-state index in [0.29, 0.717) is 12.2 Å². The number of quaternary nitrogens is 1. The van der Waals surface area contributed by atoms with Crippen molar-refractivity contribution in [3.05, 3.63) is 24.3 Å². The van der Waals surface area contributed by atoms with Crippen LogP contribution in [-0.2, 0) is 23.6 Å². The first kappa shape index (κ1) is 24.8. The first-order valence-electron chi connectivity index (χ1n) is 7.34. The van der Waals surface area contributed by atoms with Crippen LogP contribution in [0.15, 0.2) is 24.3 Å². The molecule has 0 fully saturated rings. The summed E-state index contributed by atoms with van der Waals surface area (Å²) in [4.78, 5) is 41.4. The van der Waals surface area contributed by atoms with Crippen LogP contribution in [-0.4, -0.2) is 56.8 Å². The molecule has 0 aromatic carbocycles. The van der Waals surface area contributed by atoms with E-state index in [1.807, 2.05) is 14.1 Å². The van der Waals surface area contributed by atoms with E-state index in [1.54, 1.807) is 6.92 Å². The van der Waals surface area contributed by atoms with Crippen molar-refractivity contribution < 1.29 is 38.3 Å². The Labute approximate surface area is 143 Å². The average molecular weight is 365 g/mol. The maximum atomic E-state index is 10.8. The maximum Gasteiger partial charge on any atom is 0.333 e. The molecule has 0 radical (unpaired) electrons. The van der Waals surface area contributed by atoms with Crippen LogP contribution >= 0.6 is 7.60 Å². The van der Waals surface area contributed by atoms with Crippen molar-refractivity contribution >= 4 is 19.5 Å². The number of ether oxygens (including phenoxy) is 2. The standard InChI is InChI=1S/C8H15NO2.C7H13O5P/c1-7(2)8(10)11-6-5-9(3)4;1-6(2)7(8)12-4-3-5-13(9,10)11/h1,5-6H2,2-4H3;1,3-5H2,2H3,(H2,9,10,11). The Kier molecular flexibility index (Phi) is 13.3. The van der Waals surface area contributed by atoms with Gasteiger partial charge in [0.05, 0.1) is 20.7 Å². The quantitative estimate of drug-likeness (QED) is 0.240. The van der Waals surface area contributed by atoms with Crippen LogP contribution in [0.4, 0.5) is 0 Å². The molecule has 0 spiro atoms. The molecule has 0 aliphatic rings. The molecule has 9 heteroatoms. The highest BCUT2D eigenvalue weighted by Crippen LogP contribution is 2.29. The Morgan fingerprint density at radius 1 is 1.08 bits per heavy atom. The molecule has 1 atom stereocenters. The second kappa shape index (κ2) is 12.9. The first-order valence-corrected chi connectivity index (χ1v) is 9.10. The van der Waals surface area contributed by atoms with Gasteiger partial charge in [0.2, 0.25) is 0 Å². The van der Waals surface area contributed by atoms with Crippen LogP contribution in [0.3, 0.4) is 0 Å². The number of carbonyl (C=O) groups excluding carboxylic acids is 2. The van der Waals surface area contributed by atoms with Gasteiger partial charge in [-0.2, -0.15) is 0 Å². The minimum atomic E-state index is -4.21. The lowest BCUT2D eigenvalue weighted by atomic mass is 10.4. The number of likely N-dealkylation sites (N-methyl/N-ethyl adjacent to an activating group) is 1. The summed E-state index contributed by atoms with van der Waals surface area (Å²) in [6.45, 7) is 11.2. The minimum absolute atomic E-state index is 0.0293. The van der Waals surface area contributed by atoms with Crippen molar-refractivity contribution in [3.63, 3.8) is 0 Å². The Morgan fingerprint density at radius 2 is 1.50 bits per heavy atom.